The van der Waals surface area contributed by atoms with Gasteiger partial charge in [0.25, 0.3) is 11.8 Å². The smallest absolute Gasteiger partial charge is 0.256 e. The summed E-state index contributed by atoms with van der Waals surface area (Å²) in [4.78, 5) is 23.0. The third-order valence-corrected chi connectivity index (χ3v) is 3.33. The number of amides is 2. The maximum Gasteiger partial charge on any atom is 0.256 e. The number of anilines is 1. The van der Waals surface area contributed by atoms with Crippen LogP contribution in [-0.4, -0.2) is 25.5 Å². The van der Waals surface area contributed by atoms with Gasteiger partial charge >= 0.3 is 0 Å². The molecule has 0 aliphatic carbocycles. The molecule has 6 nitrogen and oxygen atoms in total. The lowest BCUT2D eigenvalue weighted by Gasteiger charge is -2.13. The second-order valence-corrected chi connectivity index (χ2v) is 5.20. The van der Waals surface area contributed by atoms with Crippen molar-refractivity contribution in [1.29, 1.82) is 0 Å². The van der Waals surface area contributed by atoms with Crippen LogP contribution in [0, 0.1) is 11.6 Å². The lowest BCUT2D eigenvalue weighted by molar-refractivity contribution is -0.119. The molecule has 2 aromatic rings. The number of carbonyl (C=O) groups is 2. The van der Waals surface area contributed by atoms with Gasteiger partial charge in [-0.1, -0.05) is 17.7 Å². The van der Waals surface area contributed by atoms with E-state index in [0.717, 1.165) is 12.1 Å². The minimum Gasteiger partial charge on any atom is -0.493 e. The Balaban J connectivity index is 2.31. The van der Waals surface area contributed by atoms with E-state index in [1.165, 1.54) is 25.3 Å². The molecule has 0 saturated heterocycles. The first-order valence-corrected chi connectivity index (χ1v) is 7.25. The molecule has 0 radical (unpaired) electrons. The van der Waals surface area contributed by atoms with Gasteiger partial charge < -0.3 is 20.5 Å². The Morgan fingerprint density at radius 3 is 2.44 bits per heavy atom. The van der Waals surface area contributed by atoms with Crippen LogP contribution in [0.5, 0.6) is 11.5 Å². The zero-order valence-electron chi connectivity index (χ0n) is 12.9. The normalized spacial score (nSPS) is 10.2. The predicted molar refractivity (Wildman–Crippen MR) is 87.0 cm³/mol. The number of primary amides is 1. The summed E-state index contributed by atoms with van der Waals surface area (Å²) in [6.07, 6.45) is 0. The van der Waals surface area contributed by atoms with Gasteiger partial charge in [0.05, 0.1) is 12.1 Å². The molecule has 0 unspecified atom stereocenters. The highest BCUT2D eigenvalue weighted by Crippen LogP contribution is 2.36. The van der Waals surface area contributed by atoms with Crippen LogP contribution in [-0.2, 0) is 4.79 Å². The molecule has 0 aliphatic rings. The number of hydrogen-bond acceptors (Lipinski definition) is 4. The van der Waals surface area contributed by atoms with Crippen molar-refractivity contribution < 1.29 is 27.8 Å². The molecule has 9 heteroatoms. The summed E-state index contributed by atoms with van der Waals surface area (Å²) in [5.41, 5.74) is 4.37. The largest absolute Gasteiger partial charge is 0.493 e. The SMILES string of the molecule is COc1cc(C(=O)Nc2c(F)cccc2F)cc(Cl)c1OCC(N)=O. The highest BCUT2D eigenvalue weighted by molar-refractivity contribution is 6.32. The molecule has 3 N–H and O–H groups in total. The van der Waals surface area contributed by atoms with Crippen molar-refractivity contribution >= 4 is 29.1 Å². The Bertz CT molecular complexity index is 810. The van der Waals surface area contributed by atoms with E-state index in [4.69, 9.17) is 26.8 Å². The molecule has 0 spiro atoms. The highest BCUT2D eigenvalue weighted by atomic mass is 35.5. The molecule has 0 aromatic heterocycles. The first-order chi connectivity index (χ1) is 11.8. The number of ether oxygens (including phenoxy) is 2. The van der Waals surface area contributed by atoms with Crippen molar-refractivity contribution in [2.75, 3.05) is 19.0 Å². The fourth-order valence-electron chi connectivity index (χ4n) is 1.94. The number of methoxy groups -OCH3 is 1. The fraction of sp³-hybridized carbons (Fsp3) is 0.125. The van der Waals surface area contributed by atoms with Crippen LogP contribution in [0.4, 0.5) is 14.5 Å². The zero-order valence-corrected chi connectivity index (χ0v) is 13.7. The molecule has 0 bridgehead atoms. The number of para-hydroxylation sites is 1. The van der Waals surface area contributed by atoms with E-state index >= 15 is 0 Å². The molecule has 0 fully saturated rings. The van der Waals surface area contributed by atoms with E-state index in [1.807, 2.05) is 0 Å². The van der Waals surface area contributed by atoms with Gasteiger partial charge in [0.1, 0.15) is 17.3 Å². The van der Waals surface area contributed by atoms with Crippen LogP contribution in [0.1, 0.15) is 10.4 Å². The lowest BCUT2D eigenvalue weighted by atomic mass is 10.1. The van der Waals surface area contributed by atoms with Gasteiger partial charge in [-0.05, 0) is 24.3 Å². The van der Waals surface area contributed by atoms with Gasteiger partial charge in [0.15, 0.2) is 18.1 Å². The molecule has 2 rings (SSSR count). The predicted octanol–water partition coefficient (Wildman–Crippen LogP) is 2.74. The van der Waals surface area contributed by atoms with Crippen LogP contribution >= 0.6 is 11.6 Å². The summed E-state index contributed by atoms with van der Waals surface area (Å²) in [5, 5.41) is 2.08. The van der Waals surface area contributed by atoms with Crippen LogP contribution in [0.25, 0.3) is 0 Å². The average molecular weight is 371 g/mol. The Morgan fingerprint density at radius 1 is 1.24 bits per heavy atom. The third kappa shape index (κ3) is 4.36. The monoisotopic (exact) mass is 370 g/mol. The molecule has 0 atom stereocenters. The average Bonchev–Trinajstić information content (AvgIpc) is 2.56. The Labute approximate surface area is 146 Å². The first kappa shape index (κ1) is 18.5. The number of nitrogens with two attached hydrogens (primary N) is 1. The number of hydrogen-bond donors (Lipinski definition) is 2. The van der Waals surface area contributed by atoms with Gasteiger partial charge in [-0.2, -0.15) is 0 Å². The topological polar surface area (TPSA) is 90.7 Å². The van der Waals surface area contributed by atoms with Gasteiger partial charge in [-0.3, -0.25) is 9.59 Å². The van der Waals surface area contributed by atoms with Crippen molar-refractivity contribution in [2.45, 2.75) is 0 Å². The number of benzene rings is 2. The van der Waals surface area contributed by atoms with E-state index in [2.05, 4.69) is 5.32 Å². The molecular formula is C16H13ClF2N2O4. The highest BCUT2D eigenvalue weighted by Gasteiger charge is 2.18. The second-order valence-electron chi connectivity index (χ2n) is 4.80. The summed E-state index contributed by atoms with van der Waals surface area (Å²) in [6.45, 7) is -0.442. The maximum absolute atomic E-state index is 13.6. The van der Waals surface area contributed by atoms with Gasteiger partial charge in [0, 0.05) is 5.56 Å². The lowest BCUT2D eigenvalue weighted by Crippen LogP contribution is -2.20. The summed E-state index contributed by atoms with van der Waals surface area (Å²) < 4.78 is 37.4. The summed E-state index contributed by atoms with van der Waals surface area (Å²) >= 11 is 6.02. The van der Waals surface area contributed by atoms with Gasteiger partial charge in [0.2, 0.25) is 0 Å². The Morgan fingerprint density at radius 2 is 1.88 bits per heavy atom. The molecule has 25 heavy (non-hydrogen) atoms. The second kappa shape index (κ2) is 7.80. The fourth-order valence-corrected chi connectivity index (χ4v) is 2.20. The maximum atomic E-state index is 13.6. The van der Waals surface area contributed by atoms with Crippen molar-refractivity contribution in [3.8, 4) is 11.5 Å². The van der Waals surface area contributed by atoms with Crippen LogP contribution in [0.2, 0.25) is 5.02 Å². The molecule has 0 aliphatic heterocycles. The minimum absolute atomic E-state index is 0.0107. The van der Waals surface area contributed by atoms with Crippen LogP contribution in [0.15, 0.2) is 30.3 Å². The summed E-state index contributed by atoms with van der Waals surface area (Å²) in [5.74, 6) is -3.33. The molecule has 2 aromatic carbocycles. The van der Waals surface area contributed by atoms with E-state index in [-0.39, 0.29) is 22.1 Å². The molecule has 132 valence electrons. The first-order valence-electron chi connectivity index (χ1n) is 6.87. The van der Waals surface area contributed by atoms with Crippen molar-refractivity contribution in [1.82, 2.24) is 0 Å². The standard InChI is InChI=1S/C16H13ClF2N2O4/c1-24-12-6-8(5-9(17)15(12)25-7-13(20)22)16(23)21-14-10(18)3-2-4-11(14)19/h2-6H,7H2,1H3,(H2,20,22)(H,21,23). The van der Waals surface area contributed by atoms with Gasteiger partial charge in [-0.25, -0.2) is 8.78 Å². The molecule has 2 amide bonds. The van der Waals surface area contributed by atoms with Gasteiger partial charge in [-0.15, -0.1) is 0 Å². The third-order valence-electron chi connectivity index (χ3n) is 3.05. The van der Waals surface area contributed by atoms with Crippen LogP contribution < -0.4 is 20.5 Å². The van der Waals surface area contributed by atoms with E-state index in [9.17, 15) is 18.4 Å². The van der Waals surface area contributed by atoms with E-state index in [0.29, 0.717) is 0 Å². The Hall–Kier alpha value is -2.87. The quantitative estimate of drug-likeness (QED) is 0.818. The van der Waals surface area contributed by atoms with E-state index in [1.54, 1.807) is 0 Å². The molecule has 0 heterocycles. The van der Waals surface area contributed by atoms with Crippen molar-refractivity contribution in [2.24, 2.45) is 5.73 Å². The molecule has 0 saturated carbocycles. The Kier molecular flexibility index (Phi) is 5.76. The number of rotatable bonds is 6. The summed E-state index contributed by atoms with van der Waals surface area (Å²) in [7, 11) is 1.29. The van der Waals surface area contributed by atoms with E-state index < -0.39 is 35.7 Å². The number of carbonyl (C=O) groups excluding carboxylic acids is 2. The van der Waals surface area contributed by atoms with Crippen LogP contribution in [0.3, 0.4) is 0 Å². The summed E-state index contributed by atoms with van der Waals surface area (Å²) in [6, 6.07) is 5.63. The van der Waals surface area contributed by atoms with Crippen molar-refractivity contribution in [3.05, 3.63) is 52.6 Å². The number of halogens is 3. The molecular weight excluding hydrogens is 358 g/mol. The minimum atomic E-state index is -0.923. The zero-order chi connectivity index (χ0) is 18.6. The van der Waals surface area contributed by atoms with Crippen molar-refractivity contribution in [3.63, 3.8) is 0 Å². The number of nitrogens with one attached hydrogen (secondary N) is 1.